The van der Waals surface area contributed by atoms with Crippen molar-refractivity contribution in [3.8, 4) is 0 Å². The largest absolute Gasteiger partial charge is 0.298 e. The molecule has 1 aliphatic rings. The van der Waals surface area contributed by atoms with E-state index in [0.717, 1.165) is 18.6 Å². The Morgan fingerprint density at radius 3 is 3.04 bits per heavy atom. The molecule has 0 amide bonds. The number of aromatic nitrogens is 3. The van der Waals surface area contributed by atoms with Gasteiger partial charge in [-0.3, -0.25) is 15.0 Å². The van der Waals surface area contributed by atoms with Crippen molar-refractivity contribution in [2.45, 2.75) is 32.2 Å². The van der Waals surface area contributed by atoms with Gasteiger partial charge in [0.05, 0.1) is 11.7 Å². The maximum Gasteiger partial charge on any atom is 0.0705 e. The molecule has 1 aliphatic heterocycles. The summed E-state index contributed by atoms with van der Waals surface area (Å²) >= 11 is 0. The van der Waals surface area contributed by atoms with E-state index >= 15 is 0 Å². The van der Waals surface area contributed by atoms with Crippen molar-refractivity contribution < 1.29 is 0 Å². The van der Waals surface area contributed by atoms with Gasteiger partial charge in [0.1, 0.15) is 0 Å². The Morgan fingerprint density at radius 1 is 1.26 bits per heavy atom. The normalized spacial score (nSPS) is 19.3. The molecule has 3 aromatic rings. The predicted molar refractivity (Wildman–Crippen MR) is 92.3 cm³/mol. The number of aryl methyl sites for hydroxylation is 1. The molecule has 0 unspecified atom stereocenters. The fourth-order valence-electron chi connectivity index (χ4n) is 3.74. The first-order chi connectivity index (χ1) is 11.3. The Labute approximate surface area is 136 Å². The third kappa shape index (κ3) is 2.86. The van der Waals surface area contributed by atoms with Gasteiger partial charge in [0.2, 0.25) is 0 Å². The summed E-state index contributed by atoms with van der Waals surface area (Å²) in [6, 6.07) is 10.6. The maximum atomic E-state index is 4.47. The number of para-hydroxylation sites is 1. The Hall–Kier alpha value is -2.20. The smallest absolute Gasteiger partial charge is 0.0705 e. The minimum atomic E-state index is 0.569. The van der Waals surface area contributed by atoms with Crippen LogP contribution in [0.2, 0.25) is 0 Å². The number of nitrogens with zero attached hydrogens (tertiary/aromatic N) is 3. The maximum absolute atomic E-state index is 4.47. The summed E-state index contributed by atoms with van der Waals surface area (Å²) in [7, 11) is 0. The fourth-order valence-corrected chi connectivity index (χ4v) is 3.74. The van der Waals surface area contributed by atoms with E-state index < -0.39 is 0 Å². The van der Waals surface area contributed by atoms with Crippen LogP contribution in [0.3, 0.4) is 0 Å². The molecule has 1 saturated heterocycles. The van der Waals surface area contributed by atoms with Crippen molar-refractivity contribution in [2.75, 3.05) is 13.1 Å². The molecule has 23 heavy (non-hydrogen) atoms. The molecule has 0 spiro atoms. The number of aromatic amines is 1. The lowest BCUT2D eigenvalue weighted by Crippen LogP contribution is -2.34. The third-order valence-electron chi connectivity index (χ3n) is 4.92. The molecule has 0 saturated carbocycles. The van der Waals surface area contributed by atoms with Crippen molar-refractivity contribution in [3.63, 3.8) is 0 Å². The van der Waals surface area contributed by atoms with Gasteiger partial charge in [-0.2, -0.15) is 5.10 Å². The van der Waals surface area contributed by atoms with Crippen LogP contribution in [0.4, 0.5) is 0 Å². The summed E-state index contributed by atoms with van der Waals surface area (Å²) in [6.45, 7) is 5.40. The number of likely N-dealkylation sites (tertiary alicyclic amines) is 1. The number of hydrogen-bond donors (Lipinski definition) is 1. The number of nitrogens with one attached hydrogen (secondary N) is 1. The molecule has 0 aliphatic carbocycles. The molecular formula is C19H22N4. The Morgan fingerprint density at radius 2 is 2.17 bits per heavy atom. The average Bonchev–Trinajstić information content (AvgIpc) is 3.02. The molecule has 4 heteroatoms. The highest BCUT2D eigenvalue weighted by molar-refractivity contribution is 5.81. The number of pyridine rings is 1. The number of benzene rings is 1. The van der Waals surface area contributed by atoms with Crippen LogP contribution in [0.25, 0.3) is 10.9 Å². The number of rotatable bonds is 3. The third-order valence-corrected chi connectivity index (χ3v) is 4.92. The van der Waals surface area contributed by atoms with Crippen LogP contribution >= 0.6 is 0 Å². The number of fused-ring (bicyclic) bond motifs is 1. The van der Waals surface area contributed by atoms with Gasteiger partial charge in [-0.05, 0) is 49.6 Å². The van der Waals surface area contributed by atoms with Gasteiger partial charge in [-0.15, -0.1) is 0 Å². The van der Waals surface area contributed by atoms with Crippen LogP contribution in [0.1, 0.15) is 35.6 Å². The molecule has 1 N–H and O–H groups in total. The number of hydrogen-bond acceptors (Lipinski definition) is 3. The van der Waals surface area contributed by atoms with Crippen LogP contribution in [0, 0.1) is 6.92 Å². The highest BCUT2D eigenvalue weighted by Crippen LogP contribution is 2.29. The van der Waals surface area contributed by atoms with Gasteiger partial charge in [-0.25, -0.2) is 0 Å². The van der Waals surface area contributed by atoms with Crippen LogP contribution in [-0.4, -0.2) is 33.2 Å². The van der Waals surface area contributed by atoms with Gasteiger partial charge in [0.25, 0.3) is 0 Å². The first-order valence-corrected chi connectivity index (χ1v) is 8.36. The highest BCUT2D eigenvalue weighted by atomic mass is 15.1. The standard InChI is InChI=1S/C19H22N4/c1-14-11-21-22-19(14)16-5-4-10-23(13-16)12-15-8-9-20-18-7-3-2-6-17(15)18/h2-3,6-9,11,16H,4-5,10,12-13H2,1H3,(H,21,22)/t16-/m0/s1. The van der Waals surface area contributed by atoms with E-state index in [1.165, 1.54) is 41.6 Å². The minimum absolute atomic E-state index is 0.569. The van der Waals surface area contributed by atoms with Crippen molar-refractivity contribution in [3.05, 3.63) is 59.5 Å². The highest BCUT2D eigenvalue weighted by Gasteiger charge is 2.24. The fraction of sp³-hybridized carbons (Fsp3) is 0.368. The van der Waals surface area contributed by atoms with Crippen molar-refractivity contribution in [2.24, 2.45) is 0 Å². The predicted octanol–water partition coefficient (Wildman–Crippen LogP) is 3.65. The quantitative estimate of drug-likeness (QED) is 0.803. The molecule has 0 radical (unpaired) electrons. The number of piperidine rings is 1. The van der Waals surface area contributed by atoms with E-state index in [4.69, 9.17) is 0 Å². The zero-order valence-electron chi connectivity index (χ0n) is 13.5. The summed E-state index contributed by atoms with van der Waals surface area (Å²) < 4.78 is 0. The lowest BCUT2D eigenvalue weighted by Gasteiger charge is -2.32. The second-order valence-electron chi connectivity index (χ2n) is 6.53. The van der Waals surface area contributed by atoms with Gasteiger partial charge in [-0.1, -0.05) is 18.2 Å². The molecule has 1 fully saturated rings. The van der Waals surface area contributed by atoms with Gasteiger partial charge in [0, 0.05) is 36.3 Å². The molecule has 4 nitrogen and oxygen atoms in total. The molecule has 1 atom stereocenters. The van der Waals surface area contributed by atoms with Crippen molar-refractivity contribution in [1.29, 1.82) is 0 Å². The van der Waals surface area contributed by atoms with E-state index in [9.17, 15) is 0 Å². The molecule has 2 aromatic heterocycles. The van der Waals surface area contributed by atoms with Crippen LogP contribution in [-0.2, 0) is 6.54 Å². The lowest BCUT2D eigenvalue weighted by atomic mass is 9.92. The molecular weight excluding hydrogens is 284 g/mol. The zero-order chi connectivity index (χ0) is 15.6. The van der Waals surface area contributed by atoms with Crippen molar-refractivity contribution in [1.82, 2.24) is 20.1 Å². The first-order valence-electron chi connectivity index (χ1n) is 8.36. The van der Waals surface area contributed by atoms with Crippen LogP contribution in [0.5, 0.6) is 0 Å². The second kappa shape index (κ2) is 6.13. The average molecular weight is 306 g/mol. The molecule has 1 aromatic carbocycles. The van der Waals surface area contributed by atoms with Crippen molar-refractivity contribution >= 4 is 10.9 Å². The summed E-state index contributed by atoms with van der Waals surface area (Å²) in [6.07, 6.45) is 6.35. The van der Waals surface area contributed by atoms with E-state index in [1.807, 2.05) is 12.4 Å². The zero-order valence-corrected chi connectivity index (χ0v) is 13.5. The molecule has 118 valence electrons. The minimum Gasteiger partial charge on any atom is -0.298 e. The summed E-state index contributed by atoms with van der Waals surface area (Å²) in [5.74, 6) is 0.569. The first kappa shape index (κ1) is 14.4. The van der Waals surface area contributed by atoms with Gasteiger partial charge >= 0.3 is 0 Å². The molecule has 3 heterocycles. The van der Waals surface area contributed by atoms with E-state index in [-0.39, 0.29) is 0 Å². The second-order valence-corrected chi connectivity index (χ2v) is 6.53. The monoisotopic (exact) mass is 306 g/mol. The van der Waals surface area contributed by atoms with E-state index in [0.29, 0.717) is 5.92 Å². The Kier molecular flexibility index (Phi) is 3.83. The SMILES string of the molecule is Cc1cn[nH]c1[C@H]1CCCN(Cc2ccnc3ccccc23)C1. The summed E-state index contributed by atoms with van der Waals surface area (Å²) in [5, 5.41) is 8.67. The van der Waals surface area contributed by atoms with Crippen LogP contribution < -0.4 is 0 Å². The molecule has 0 bridgehead atoms. The number of H-pyrrole nitrogens is 1. The molecule has 4 rings (SSSR count). The van der Waals surface area contributed by atoms with E-state index in [2.05, 4.69) is 57.3 Å². The van der Waals surface area contributed by atoms with E-state index in [1.54, 1.807) is 0 Å². The Bertz CT molecular complexity index is 802. The van der Waals surface area contributed by atoms with Gasteiger partial charge in [0.15, 0.2) is 0 Å². The van der Waals surface area contributed by atoms with Gasteiger partial charge < -0.3 is 0 Å². The lowest BCUT2D eigenvalue weighted by molar-refractivity contribution is 0.199. The topological polar surface area (TPSA) is 44.8 Å². The van der Waals surface area contributed by atoms with Crippen LogP contribution in [0.15, 0.2) is 42.7 Å². The summed E-state index contributed by atoms with van der Waals surface area (Å²) in [5.41, 5.74) is 5.06. The summed E-state index contributed by atoms with van der Waals surface area (Å²) in [4.78, 5) is 7.04. The Balaban J connectivity index is 1.55.